The predicted molar refractivity (Wildman–Crippen MR) is 70.6 cm³/mol. The van der Waals surface area contributed by atoms with E-state index in [9.17, 15) is 18.0 Å². The van der Waals surface area contributed by atoms with Gasteiger partial charge in [-0.3, -0.25) is 0 Å². The van der Waals surface area contributed by atoms with E-state index in [1.807, 2.05) is 0 Å². The van der Waals surface area contributed by atoms with Crippen LogP contribution in [0.15, 0.2) is 36.0 Å². The molecule has 0 amide bonds. The molecule has 2 aliphatic carbocycles. The van der Waals surface area contributed by atoms with Crippen LogP contribution in [0.25, 0.3) is 0 Å². The lowest BCUT2D eigenvalue weighted by Crippen LogP contribution is -2.19. The lowest BCUT2D eigenvalue weighted by Gasteiger charge is -2.17. The van der Waals surface area contributed by atoms with E-state index in [-0.39, 0.29) is 18.6 Å². The van der Waals surface area contributed by atoms with Gasteiger partial charge in [0.05, 0.1) is 12.0 Å². The molecule has 3 atom stereocenters. The minimum atomic E-state index is -4.29. The highest BCUT2D eigenvalue weighted by Crippen LogP contribution is 2.38. The fourth-order valence-electron chi connectivity index (χ4n) is 2.73. The molecule has 0 radical (unpaired) electrons. The van der Waals surface area contributed by atoms with Gasteiger partial charge in [-0.05, 0) is 30.8 Å². The largest absolute Gasteiger partial charge is 0.480 e. The molecule has 0 aromatic carbocycles. The van der Waals surface area contributed by atoms with Crippen molar-refractivity contribution in [2.45, 2.75) is 31.5 Å². The van der Waals surface area contributed by atoms with E-state index >= 15 is 0 Å². The zero-order valence-electron chi connectivity index (χ0n) is 11.3. The Kier molecular flexibility index (Phi) is 4.88. The average molecular weight is 302 g/mol. The molecule has 0 bridgehead atoms. The summed E-state index contributed by atoms with van der Waals surface area (Å²) in [5.41, 5.74) is 0.656. The quantitative estimate of drug-likeness (QED) is 0.864. The van der Waals surface area contributed by atoms with Gasteiger partial charge >= 0.3 is 12.1 Å². The Morgan fingerprint density at radius 2 is 2.10 bits per heavy atom. The van der Waals surface area contributed by atoms with Crippen molar-refractivity contribution in [3.8, 4) is 0 Å². The van der Waals surface area contributed by atoms with E-state index in [0.29, 0.717) is 24.8 Å². The molecule has 0 aliphatic heterocycles. The molecular formula is C15H17F3O3. The van der Waals surface area contributed by atoms with Crippen LogP contribution in [-0.2, 0) is 9.53 Å². The van der Waals surface area contributed by atoms with E-state index in [2.05, 4.69) is 0 Å². The van der Waals surface area contributed by atoms with Crippen molar-refractivity contribution in [2.24, 2.45) is 11.8 Å². The van der Waals surface area contributed by atoms with Gasteiger partial charge in [-0.2, -0.15) is 13.2 Å². The average Bonchev–Trinajstić information content (AvgIpc) is 2.70. The molecule has 2 rings (SSSR count). The molecule has 1 N–H and O–H groups in total. The number of alkyl halides is 3. The molecule has 0 heterocycles. The van der Waals surface area contributed by atoms with Gasteiger partial charge in [0.1, 0.15) is 6.61 Å². The van der Waals surface area contributed by atoms with Crippen LogP contribution in [0.4, 0.5) is 13.2 Å². The minimum absolute atomic E-state index is 0.00945. The lowest BCUT2D eigenvalue weighted by atomic mass is 9.93. The number of allylic oxidation sites excluding steroid dienone is 6. The van der Waals surface area contributed by atoms with Crippen molar-refractivity contribution in [3.63, 3.8) is 0 Å². The monoisotopic (exact) mass is 302 g/mol. The Morgan fingerprint density at radius 1 is 1.33 bits per heavy atom. The number of carboxylic acid groups (broad SMARTS) is 1. The van der Waals surface area contributed by atoms with Crippen LogP contribution in [0.5, 0.6) is 0 Å². The van der Waals surface area contributed by atoms with E-state index in [0.717, 1.165) is 6.08 Å². The van der Waals surface area contributed by atoms with Crippen LogP contribution in [0.1, 0.15) is 19.3 Å². The first-order valence-electron chi connectivity index (χ1n) is 6.83. The summed E-state index contributed by atoms with van der Waals surface area (Å²) in [4.78, 5) is 10.5. The SMILES string of the molecule is O=C(O)COC1CCC(C2=CC(C(F)(F)F)C=CC=C2)C1. The first-order valence-corrected chi connectivity index (χ1v) is 6.83. The third kappa shape index (κ3) is 4.46. The standard InChI is InChI=1S/C15H17F3O3/c16-15(17,18)12-4-2-1-3-10(7-12)11-5-6-13(8-11)21-9-14(19)20/h1-4,7,11-13H,5-6,8-9H2,(H,19,20). The van der Waals surface area contributed by atoms with Crippen molar-refractivity contribution in [3.05, 3.63) is 36.0 Å². The third-order valence-electron chi connectivity index (χ3n) is 3.77. The predicted octanol–water partition coefficient (Wildman–Crippen LogP) is 3.49. The summed E-state index contributed by atoms with van der Waals surface area (Å²) in [6.45, 7) is -0.362. The molecule has 21 heavy (non-hydrogen) atoms. The van der Waals surface area contributed by atoms with Crippen LogP contribution < -0.4 is 0 Å². The molecule has 116 valence electrons. The molecular weight excluding hydrogens is 285 g/mol. The first-order chi connectivity index (χ1) is 9.86. The number of ether oxygens (including phenoxy) is 1. The van der Waals surface area contributed by atoms with Crippen LogP contribution in [-0.4, -0.2) is 30.0 Å². The van der Waals surface area contributed by atoms with Gasteiger partial charge < -0.3 is 9.84 Å². The fourth-order valence-corrected chi connectivity index (χ4v) is 2.73. The number of aliphatic carboxylic acids is 1. The molecule has 3 nitrogen and oxygen atoms in total. The Balaban J connectivity index is 2.01. The van der Waals surface area contributed by atoms with E-state index in [1.54, 1.807) is 12.2 Å². The second kappa shape index (κ2) is 6.47. The Hall–Kier alpha value is -1.56. The molecule has 6 heteroatoms. The maximum Gasteiger partial charge on any atom is 0.398 e. The van der Waals surface area contributed by atoms with Crippen molar-refractivity contribution in [2.75, 3.05) is 6.61 Å². The number of carbonyl (C=O) groups is 1. The van der Waals surface area contributed by atoms with Gasteiger partial charge in [0.2, 0.25) is 0 Å². The molecule has 3 unspecified atom stereocenters. The second-order valence-electron chi connectivity index (χ2n) is 5.31. The summed E-state index contributed by atoms with van der Waals surface area (Å²) in [5, 5.41) is 8.57. The van der Waals surface area contributed by atoms with Gasteiger partial charge in [0, 0.05) is 0 Å². The van der Waals surface area contributed by atoms with Crippen molar-refractivity contribution in [1.82, 2.24) is 0 Å². The molecule has 0 aromatic heterocycles. The molecule has 0 aromatic rings. The number of halogens is 3. The van der Waals surface area contributed by atoms with Crippen LogP contribution >= 0.6 is 0 Å². The topological polar surface area (TPSA) is 46.5 Å². The van der Waals surface area contributed by atoms with E-state index in [4.69, 9.17) is 9.84 Å². The summed E-state index contributed by atoms with van der Waals surface area (Å²) < 4.78 is 43.8. The number of hydrogen-bond donors (Lipinski definition) is 1. The molecule has 1 saturated carbocycles. The summed E-state index contributed by atoms with van der Waals surface area (Å²) in [7, 11) is 0. The minimum Gasteiger partial charge on any atom is -0.480 e. The van der Waals surface area contributed by atoms with Gasteiger partial charge in [-0.1, -0.05) is 30.4 Å². The van der Waals surface area contributed by atoms with Crippen LogP contribution in [0.2, 0.25) is 0 Å². The van der Waals surface area contributed by atoms with Gasteiger partial charge in [-0.25, -0.2) is 4.79 Å². The first kappa shape index (κ1) is 15.8. The number of hydrogen-bond acceptors (Lipinski definition) is 2. The Morgan fingerprint density at radius 3 is 2.76 bits per heavy atom. The van der Waals surface area contributed by atoms with Gasteiger partial charge in [-0.15, -0.1) is 0 Å². The highest BCUT2D eigenvalue weighted by molar-refractivity contribution is 5.68. The van der Waals surface area contributed by atoms with Gasteiger partial charge in [0.15, 0.2) is 0 Å². The smallest absolute Gasteiger partial charge is 0.398 e. The van der Waals surface area contributed by atoms with Gasteiger partial charge in [0.25, 0.3) is 0 Å². The maximum atomic E-state index is 12.9. The fraction of sp³-hybridized carbons (Fsp3) is 0.533. The maximum absolute atomic E-state index is 12.9. The van der Waals surface area contributed by atoms with Crippen LogP contribution in [0.3, 0.4) is 0 Å². The second-order valence-corrected chi connectivity index (χ2v) is 5.31. The van der Waals surface area contributed by atoms with Crippen molar-refractivity contribution >= 4 is 5.97 Å². The summed E-state index contributed by atoms with van der Waals surface area (Å²) in [6.07, 6.45) is 4.59. The van der Waals surface area contributed by atoms with E-state index in [1.165, 1.54) is 12.2 Å². The molecule has 0 saturated heterocycles. The van der Waals surface area contributed by atoms with Crippen molar-refractivity contribution in [1.29, 1.82) is 0 Å². The summed E-state index contributed by atoms with van der Waals surface area (Å²) in [5.74, 6) is -2.61. The zero-order valence-corrected chi connectivity index (χ0v) is 11.3. The summed E-state index contributed by atoms with van der Waals surface area (Å²) in [6, 6.07) is 0. The number of rotatable bonds is 4. The highest BCUT2D eigenvalue weighted by Gasteiger charge is 2.37. The third-order valence-corrected chi connectivity index (χ3v) is 3.77. The molecule has 2 aliphatic rings. The molecule has 0 spiro atoms. The Labute approximate surface area is 120 Å². The summed E-state index contributed by atoms with van der Waals surface area (Å²) >= 11 is 0. The van der Waals surface area contributed by atoms with Crippen molar-refractivity contribution < 1.29 is 27.8 Å². The zero-order chi connectivity index (χ0) is 15.5. The highest BCUT2D eigenvalue weighted by atomic mass is 19.4. The Bertz CT molecular complexity index is 477. The molecule has 1 fully saturated rings. The van der Waals surface area contributed by atoms with Crippen LogP contribution in [0, 0.1) is 11.8 Å². The van der Waals surface area contributed by atoms with E-state index < -0.39 is 18.1 Å². The lowest BCUT2D eigenvalue weighted by molar-refractivity contribution is -0.149. The number of carboxylic acids is 1. The normalized spacial score (nSPS) is 29.3.